The van der Waals surface area contributed by atoms with Crippen molar-refractivity contribution >= 4 is 33.4 Å². The summed E-state index contributed by atoms with van der Waals surface area (Å²) in [4.78, 5) is 26.7. The second kappa shape index (κ2) is 10.0. The fourth-order valence-corrected chi connectivity index (χ4v) is 5.03. The van der Waals surface area contributed by atoms with Crippen molar-refractivity contribution in [1.29, 1.82) is 0 Å². The Bertz CT molecular complexity index is 1090. The highest BCUT2D eigenvalue weighted by atomic mass is 35.5. The van der Waals surface area contributed by atoms with Crippen LogP contribution in [0.4, 0.5) is 0 Å². The smallest absolute Gasteiger partial charge is 0.255 e. The molecule has 0 saturated heterocycles. The number of sulfonamides is 1. The van der Waals surface area contributed by atoms with Crippen LogP contribution in [0, 0.1) is 0 Å². The van der Waals surface area contributed by atoms with E-state index in [2.05, 4.69) is 5.32 Å². The van der Waals surface area contributed by atoms with Gasteiger partial charge in [0.15, 0.2) is 0 Å². The Hall–Kier alpha value is -2.42. The van der Waals surface area contributed by atoms with Gasteiger partial charge < -0.3 is 10.2 Å². The quantitative estimate of drug-likeness (QED) is 0.598. The highest BCUT2D eigenvalue weighted by Crippen LogP contribution is 2.25. The molecular weight excluding hydrogens is 450 g/mol. The molecule has 2 aromatic carbocycles. The average molecular weight is 478 g/mol. The molecule has 0 heterocycles. The molecule has 0 aliphatic heterocycles. The molecule has 0 aromatic heterocycles. The van der Waals surface area contributed by atoms with E-state index in [4.69, 9.17) is 11.6 Å². The van der Waals surface area contributed by atoms with Crippen LogP contribution in [0.3, 0.4) is 0 Å². The lowest BCUT2D eigenvalue weighted by Crippen LogP contribution is -2.31. The largest absolute Gasteiger partial charge is 0.349 e. The van der Waals surface area contributed by atoms with Gasteiger partial charge in [-0.2, -0.15) is 4.31 Å². The zero-order valence-electron chi connectivity index (χ0n) is 18.5. The van der Waals surface area contributed by atoms with E-state index < -0.39 is 10.0 Å². The number of benzene rings is 2. The molecule has 0 unspecified atom stereocenters. The van der Waals surface area contributed by atoms with Gasteiger partial charge in [0, 0.05) is 38.3 Å². The van der Waals surface area contributed by atoms with Gasteiger partial charge in [-0.3, -0.25) is 9.59 Å². The molecule has 9 heteroatoms. The van der Waals surface area contributed by atoms with E-state index in [0.29, 0.717) is 18.7 Å². The molecule has 172 valence electrons. The lowest BCUT2D eigenvalue weighted by molar-refractivity contribution is 0.0784. The Morgan fingerprint density at radius 1 is 1.06 bits per heavy atom. The molecular formula is C23H28ClN3O4S. The minimum atomic E-state index is -3.71. The first-order valence-corrected chi connectivity index (χ1v) is 12.4. The summed E-state index contributed by atoms with van der Waals surface area (Å²) in [6, 6.07) is 11.5. The first-order chi connectivity index (χ1) is 15.2. The topological polar surface area (TPSA) is 86.8 Å². The van der Waals surface area contributed by atoms with E-state index in [0.717, 1.165) is 18.4 Å². The SMILES string of the molecule is CCN(CC)S(=O)(=O)c1ccc(Cl)c(C(=O)N(C)Cc2ccc(C(=O)NC3CC3)cc2)c1. The van der Waals surface area contributed by atoms with E-state index in [9.17, 15) is 18.0 Å². The molecule has 0 spiro atoms. The van der Waals surface area contributed by atoms with Gasteiger partial charge in [0.1, 0.15) is 0 Å². The minimum absolute atomic E-state index is 0.0355. The van der Waals surface area contributed by atoms with Crippen LogP contribution in [-0.4, -0.2) is 55.6 Å². The van der Waals surface area contributed by atoms with Gasteiger partial charge in [-0.25, -0.2) is 8.42 Å². The maximum absolute atomic E-state index is 13.0. The Morgan fingerprint density at radius 2 is 1.69 bits per heavy atom. The number of halogens is 1. The first-order valence-electron chi connectivity index (χ1n) is 10.6. The van der Waals surface area contributed by atoms with Gasteiger partial charge in [-0.05, 0) is 48.7 Å². The number of rotatable bonds is 9. The van der Waals surface area contributed by atoms with E-state index in [1.165, 1.54) is 27.4 Å². The average Bonchev–Trinajstić information content (AvgIpc) is 3.58. The highest BCUT2D eigenvalue weighted by molar-refractivity contribution is 7.89. The predicted octanol–water partition coefficient (Wildman–Crippen LogP) is 3.53. The molecule has 1 aliphatic rings. The molecule has 2 amide bonds. The first kappa shape index (κ1) is 24.2. The van der Waals surface area contributed by atoms with Crippen molar-refractivity contribution in [3.05, 3.63) is 64.2 Å². The molecule has 1 fully saturated rings. The summed E-state index contributed by atoms with van der Waals surface area (Å²) in [6.45, 7) is 4.47. The third-order valence-corrected chi connectivity index (χ3v) is 7.78. The van der Waals surface area contributed by atoms with Gasteiger partial charge in [0.25, 0.3) is 11.8 Å². The summed E-state index contributed by atoms with van der Waals surface area (Å²) in [5.74, 6) is -0.483. The summed E-state index contributed by atoms with van der Waals surface area (Å²) in [5.41, 5.74) is 1.54. The van der Waals surface area contributed by atoms with Crippen LogP contribution in [0.5, 0.6) is 0 Å². The molecule has 0 radical (unpaired) electrons. The third kappa shape index (κ3) is 5.49. The van der Waals surface area contributed by atoms with E-state index >= 15 is 0 Å². The molecule has 0 bridgehead atoms. The van der Waals surface area contributed by atoms with E-state index in [1.807, 2.05) is 0 Å². The van der Waals surface area contributed by atoms with Crippen LogP contribution in [0.15, 0.2) is 47.4 Å². The van der Waals surface area contributed by atoms with Crippen molar-refractivity contribution in [2.24, 2.45) is 0 Å². The maximum Gasteiger partial charge on any atom is 0.255 e. The molecule has 3 rings (SSSR count). The number of hydrogen-bond donors (Lipinski definition) is 1. The number of nitrogens with zero attached hydrogens (tertiary/aromatic N) is 2. The summed E-state index contributed by atoms with van der Waals surface area (Å²) in [7, 11) is -2.09. The van der Waals surface area contributed by atoms with Crippen LogP contribution in [0.2, 0.25) is 5.02 Å². The number of hydrogen-bond acceptors (Lipinski definition) is 4. The zero-order chi connectivity index (χ0) is 23.5. The molecule has 2 aromatic rings. The van der Waals surface area contributed by atoms with Crippen molar-refractivity contribution in [1.82, 2.24) is 14.5 Å². The van der Waals surface area contributed by atoms with Crippen LogP contribution < -0.4 is 5.32 Å². The Morgan fingerprint density at radius 3 is 2.25 bits per heavy atom. The van der Waals surface area contributed by atoms with Crippen molar-refractivity contribution < 1.29 is 18.0 Å². The van der Waals surface area contributed by atoms with Gasteiger partial charge in [0.2, 0.25) is 10.0 Å². The number of carbonyl (C=O) groups excluding carboxylic acids is 2. The molecule has 0 atom stereocenters. The Kier molecular flexibility index (Phi) is 7.59. The Labute approximate surface area is 194 Å². The fourth-order valence-electron chi connectivity index (χ4n) is 3.35. The van der Waals surface area contributed by atoms with Gasteiger partial charge in [-0.15, -0.1) is 0 Å². The third-order valence-electron chi connectivity index (χ3n) is 5.41. The lowest BCUT2D eigenvalue weighted by atomic mass is 10.1. The van der Waals surface area contributed by atoms with Crippen LogP contribution in [-0.2, 0) is 16.6 Å². The molecule has 1 aliphatic carbocycles. The van der Waals surface area contributed by atoms with Gasteiger partial charge >= 0.3 is 0 Å². The van der Waals surface area contributed by atoms with Crippen molar-refractivity contribution in [3.8, 4) is 0 Å². The Balaban J connectivity index is 1.74. The summed E-state index contributed by atoms with van der Waals surface area (Å²) in [5, 5.41) is 3.13. The van der Waals surface area contributed by atoms with Crippen molar-refractivity contribution in [2.45, 2.75) is 44.2 Å². The number of carbonyl (C=O) groups is 2. The number of nitrogens with one attached hydrogen (secondary N) is 1. The molecule has 7 nitrogen and oxygen atoms in total. The number of amides is 2. The van der Waals surface area contributed by atoms with Crippen molar-refractivity contribution in [3.63, 3.8) is 0 Å². The minimum Gasteiger partial charge on any atom is -0.349 e. The van der Waals surface area contributed by atoms with E-state index in [1.54, 1.807) is 45.2 Å². The lowest BCUT2D eigenvalue weighted by Gasteiger charge is -2.21. The van der Waals surface area contributed by atoms with Crippen LogP contribution in [0.1, 0.15) is 53.0 Å². The van der Waals surface area contributed by atoms with Gasteiger partial charge in [0.05, 0.1) is 15.5 Å². The molecule has 1 N–H and O–H groups in total. The maximum atomic E-state index is 13.0. The fraction of sp³-hybridized carbons (Fsp3) is 0.391. The van der Waals surface area contributed by atoms with E-state index in [-0.39, 0.29) is 39.9 Å². The molecule has 32 heavy (non-hydrogen) atoms. The second-order valence-electron chi connectivity index (χ2n) is 7.84. The van der Waals surface area contributed by atoms with Crippen LogP contribution in [0.25, 0.3) is 0 Å². The highest BCUT2D eigenvalue weighted by Gasteiger charge is 2.25. The monoisotopic (exact) mass is 477 g/mol. The predicted molar refractivity (Wildman–Crippen MR) is 124 cm³/mol. The normalized spacial score (nSPS) is 13.8. The summed E-state index contributed by atoms with van der Waals surface area (Å²) in [6.07, 6.45) is 2.05. The van der Waals surface area contributed by atoms with Crippen molar-refractivity contribution in [2.75, 3.05) is 20.1 Å². The second-order valence-corrected chi connectivity index (χ2v) is 10.2. The van der Waals surface area contributed by atoms with Crippen LogP contribution >= 0.6 is 11.6 Å². The summed E-state index contributed by atoms with van der Waals surface area (Å²) >= 11 is 6.24. The standard InChI is InChI=1S/C23H28ClN3O4S/c1-4-27(5-2)32(30,31)19-12-13-21(24)20(14-19)23(29)26(3)15-16-6-8-17(9-7-16)22(28)25-18-10-11-18/h6-9,12-14,18H,4-5,10-11,15H2,1-3H3,(H,25,28). The van der Waals surface area contributed by atoms with Gasteiger partial charge in [-0.1, -0.05) is 37.6 Å². The summed E-state index contributed by atoms with van der Waals surface area (Å²) < 4.78 is 27.0. The molecule has 1 saturated carbocycles. The zero-order valence-corrected chi connectivity index (χ0v) is 20.0.